The van der Waals surface area contributed by atoms with Crippen molar-refractivity contribution in [2.75, 3.05) is 19.6 Å². The maximum Gasteiger partial charge on any atom is 0.320 e. The molecule has 0 aliphatic carbocycles. The zero-order valence-corrected chi connectivity index (χ0v) is 9.43. The van der Waals surface area contributed by atoms with Gasteiger partial charge in [-0.25, -0.2) is 0 Å². The van der Waals surface area contributed by atoms with Gasteiger partial charge < -0.3 is 15.8 Å². The second-order valence-electron chi connectivity index (χ2n) is 4.26. The van der Waals surface area contributed by atoms with E-state index in [0.29, 0.717) is 6.54 Å². The van der Waals surface area contributed by atoms with Crippen molar-refractivity contribution in [3.63, 3.8) is 0 Å². The molecule has 3 N–H and O–H groups in total. The monoisotopic (exact) mass is 202 g/mol. The molecule has 0 saturated heterocycles. The number of nitrogens with one attached hydrogen (secondary N) is 1. The molecule has 0 aromatic carbocycles. The fraction of sp³-hybridized carbons (Fsp3) is 0.900. The SMILES string of the molecule is CC(C)(C)OC(=O)CNCCCCN. The third-order valence-corrected chi connectivity index (χ3v) is 1.50. The van der Waals surface area contributed by atoms with E-state index in [-0.39, 0.29) is 12.5 Å². The number of carbonyl (C=O) groups excluding carboxylic acids is 1. The van der Waals surface area contributed by atoms with Crippen molar-refractivity contribution < 1.29 is 9.53 Å². The van der Waals surface area contributed by atoms with Crippen LogP contribution < -0.4 is 11.1 Å². The lowest BCUT2D eigenvalue weighted by Crippen LogP contribution is -2.32. The second-order valence-corrected chi connectivity index (χ2v) is 4.26. The number of rotatable bonds is 6. The molecule has 0 aliphatic rings. The van der Waals surface area contributed by atoms with Gasteiger partial charge in [-0.2, -0.15) is 0 Å². The molecule has 0 atom stereocenters. The van der Waals surface area contributed by atoms with E-state index in [1.54, 1.807) is 0 Å². The van der Waals surface area contributed by atoms with Gasteiger partial charge in [0.25, 0.3) is 0 Å². The van der Waals surface area contributed by atoms with Crippen LogP contribution in [-0.2, 0) is 9.53 Å². The summed E-state index contributed by atoms with van der Waals surface area (Å²) in [5.41, 5.74) is 4.94. The van der Waals surface area contributed by atoms with Crippen molar-refractivity contribution in [3.05, 3.63) is 0 Å². The summed E-state index contributed by atoms with van der Waals surface area (Å²) >= 11 is 0. The predicted molar refractivity (Wildman–Crippen MR) is 57.0 cm³/mol. The summed E-state index contributed by atoms with van der Waals surface area (Å²) in [6.45, 7) is 7.38. The number of nitrogens with two attached hydrogens (primary N) is 1. The summed E-state index contributed by atoms with van der Waals surface area (Å²) in [6, 6.07) is 0. The highest BCUT2D eigenvalue weighted by molar-refractivity contribution is 5.72. The molecule has 0 amide bonds. The minimum atomic E-state index is -0.393. The van der Waals surface area contributed by atoms with Crippen molar-refractivity contribution in [1.82, 2.24) is 5.32 Å². The Kier molecular flexibility index (Phi) is 6.49. The van der Waals surface area contributed by atoms with Crippen molar-refractivity contribution in [1.29, 1.82) is 0 Å². The lowest BCUT2D eigenvalue weighted by molar-refractivity contribution is -0.153. The van der Waals surface area contributed by atoms with Crippen LogP contribution in [0.15, 0.2) is 0 Å². The molecule has 0 radical (unpaired) electrons. The van der Waals surface area contributed by atoms with Gasteiger partial charge in [0.15, 0.2) is 0 Å². The van der Waals surface area contributed by atoms with Crippen LogP contribution in [0.5, 0.6) is 0 Å². The van der Waals surface area contributed by atoms with Crippen LogP contribution in [0.1, 0.15) is 33.6 Å². The standard InChI is InChI=1S/C10H22N2O2/c1-10(2,3)14-9(13)8-12-7-5-4-6-11/h12H,4-8,11H2,1-3H3. The van der Waals surface area contributed by atoms with Crippen molar-refractivity contribution in [2.45, 2.75) is 39.2 Å². The Hall–Kier alpha value is -0.610. The fourth-order valence-corrected chi connectivity index (χ4v) is 0.962. The van der Waals surface area contributed by atoms with Gasteiger partial charge in [0.05, 0.1) is 6.54 Å². The molecule has 0 aromatic rings. The molecule has 0 aromatic heterocycles. The first-order valence-corrected chi connectivity index (χ1v) is 5.08. The molecule has 0 heterocycles. The quantitative estimate of drug-likeness (QED) is 0.490. The molecule has 84 valence electrons. The number of esters is 1. The van der Waals surface area contributed by atoms with Gasteiger partial charge in [-0.15, -0.1) is 0 Å². The molecule has 4 nitrogen and oxygen atoms in total. The molecule has 0 fully saturated rings. The Morgan fingerprint density at radius 3 is 2.50 bits per heavy atom. The normalized spacial score (nSPS) is 11.4. The van der Waals surface area contributed by atoms with Crippen molar-refractivity contribution >= 4 is 5.97 Å². The van der Waals surface area contributed by atoms with Gasteiger partial charge in [0.1, 0.15) is 5.60 Å². The van der Waals surface area contributed by atoms with Crippen LogP contribution in [0.3, 0.4) is 0 Å². The highest BCUT2D eigenvalue weighted by Gasteiger charge is 2.15. The summed E-state index contributed by atoms with van der Waals surface area (Å²) in [5.74, 6) is -0.203. The van der Waals surface area contributed by atoms with E-state index in [2.05, 4.69) is 5.32 Å². The van der Waals surface area contributed by atoms with Crippen LogP contribution in [0.2, 0.25) is 0 Å². The first-order chi connectivity index (χ1) is 6.45. The largest absolute Gasteiger partial charge is 0.459 e. The van der Waals surface area contributed by atoms with Crippen LogP contribution >= 0.6 is 0 Å². The van der Waals surface area contributed by atoms with E-state index in [1.807, 2.05) is 20.8 Å². The van der Waals surface area contributed by atoms with E-state index in [4.69, 9.17) is 10.5 Å². The van der Waals surface area contributed by atoms with Crippen molar-refractivity contribution in [2.24, 2.45) is 5.73 Å². The Bertz CT molecular complexity index is 164. The highest BCUT2D eigenvalue weighted by atomic mass is 16.6. The summed E-state index contributed by atoms with van der Waals surface area (Å²) < 4.78 is 5.12. The summed E-state index contributed by atoms with van der Waals surface area (Å²) in [7, 11) is 0. The first-order valence-electron chi connectivity index (χ1n) is 5.08. The van der Waals surface area contributed by atoms with Gasteiger partial charge in [-0.1, -0.05) is 0 Å². The lowest BCUT2D eigenvalue weighted by Gasteiger charge is -2.19. The maximum absolute atomic E-state index is 11.2. The van der Waals surface area contributed by atoms with Crippen LogP contribution in [0.4, 0.5) is 0 Å². The molecule has 0 spiro atoms. The Labute approximate surface area is 86.2 Å². The van der Waals surface area contributed by atoms with Crippen LogP contribution in [-0.4, -0.2) is 31.2 Å². The van der Waals surface area contributed by atoms with Gasteiger partial charge in [0.2, 0.25) is 0 Å². The van der Waals surface area contributed by atoms with E-state index in [0.717, 1.165) is 19.4 Å². The Morgan fingerprint density at radius 1 is 1.36 bits per heavy atom. The van der Waals surface area contributed by atoms with Gasteiger partial charge in [-0.3, -0.25) is 4.79 Å². The van der Waals surface area contributed by atoms with Gasteiger partial charge in [-0.05, 0) is 46.7 Å². The number of carbonyl (C=O) groups is 1. The lowest BCUT2D eigenvalue weighted by atomic mass is 10.2. The first kappa shape index (κ1) is 13.4. The summed E-state index contributed by atoms with van der Waals surface area (Å²) in [5, 5.41) is 3.01. The minimum Gasteiger partial charge on any atom is -0.459 e. The van der Waals surface area contributed by atoms with Crippen LogP contribution in [0, 0.1) is 0 Å². The van der Waals surface area contributed by atoms with E-state index in [9.17, 15) is 4.79 Å². The third-order valence-electron chi connectivity index (χ3n) is 1.50. The summed E-state index contributed by atoms with van der Waals surface area (Å²) in [6.07, 6.45) is 1.99. The average Bonchev–Trinajstić information content (AvgIpc) is 2.00. The molecular formula is C10H22N2O2. The van der Waals surface area contributed by atoms with Gasteiger partial charge in [0, 0.05) is 0 Å². The fourth-order valence-electron chi connectivity index (χ4n) is 0.962. The predicted octanol–water partition coefficient (Wildman–Crippen LogP) is 0.657. The maximum atomic E-state index is 11.2. The van der Waals surface area contributed by atoms with Crippen LogP contribution in [0.25, 0.3) is 0 Å². The van der Waals surface area contributed by atoms with E-state index in [1.165, 1.54) is 0 Å². The number of unbranched alkanes of at least 4 members (excludes halogenated alkanes) is 1. The number of ether oxygens (including phenoxy) is 1. The molecule has 14 heavy (non-hydrogen) atoms. The summed E-state index contributed by atoms with van der Waals surface area (Å²) in [4.78, 5) is 11.2. The molecule has 0 rings (SSSR count). The number of hydrogen-bond acceptors (Lipinski definition) is 4. The Balaban J connectivity index is 3.36. The molecule has 0 saturated carbocycles. The highest BCUT2D eigenvalue weighted by Crippen LogP contribution is 2.05. The molecule has 0 aliphatic heterocycles. The van der Waals surface area contributed by atoms with Crippen molar-refractivity contribution in [3.8, 4) is 0 Å². The zero-order chi connectivity index (χ0) is 11.0. The Morgan fingerprint density at radius 2 is 2.00 bits per heavy atom. The van der Waals surface area contributed by atoms with E-state index < -0.39 is 5.60 Å². The zero-order valence-electron chi connectivity index (χ0n) is 9.43. The minimum absolute atomic E-state index is 0.203. The average molecular weight is 202 g/mol. The smallest absolute Gasteiger partial charge is 0.320 e. The molecular weight excluding hydrogens is 180 g/mol. The molecule has 0 unspecified atom stereocenters. The third kappa shape index (κ3) is 9.48. The topological polar surface area (TPSA) is 64.3 Å². The second kappa shape index (κ2) is 6.79. The van der Waals surface area contributed by atoms with Gasteiger partial charge >= 0.3 is 5.97 Å². The van der Waals surface area contributed by atoms with E-state index >= 15 is 0 Å². The molecule has 4 heteroatoms. The number of hydrogen-bond donors (Lipinski definition) is 2. The molecule has 0 bridgehead atoms.